The molecule has 22 heavy (non-hydrogen) atoms. The van der Waals surface area contributed by atoms with Crippen LogP contribution in [0.15, 0.2) is 18.2 Å². The van der Waals surface area contributed by atoms with Gasteiger partial charge in [-0.25, -0.2) is 0 Å². The van der Waals surface area contributed by atoms with Crippen molar-refractivity contribution in [2.75, 3.05) is 20.2 Å². The molecule has 0 aromatic heterocycles. The zero-order chi connectivity index (χ0) is 15.9. The molecule has 0 spiro atoms. The van der Waals surface area contributed by atoms with Crippen LogP contribution in [-0.4, -0.2) is 31.1 Å². The molecule has 1 aliphatic carbocycles. The van der Waals surface area contributed by atoms with E-state index in [0.717, 1.165) is 12.2 Å². The smallest absolute Gasteiger partial charge is 0.122 e. The summed E-state index contributed by atoms with van der Waals surface area (Å²) in [5, 5.41) is 0. The Labute approximate surface area is 136 Å². The maximum atomic E-state index is 5.57. The molecule has 0 radical (unpaired) electrons. The predicted octanol–water partition coefficient (Wildman–Crippen LogP) is 5.02. The highest BCUT2D eigenvalue weighted by molar-refractivity contribution is 5.44. The van der Waals surface area contributed by atoms with Gasteiger partial charge in [-0.2, -0.15) is 0 Å². The van der Waals surface area contributed by atoms with Gasteiger partial charge >= 0.3 is 0 Å². The van der Waals surface area contributed by atoms with Gasteiger partial charge < -0.3 is 4.74 Å². The van der Waals surface area contributed by atoms with E-state index in [1.807, 2.05) is 0 Å². The van der Waals surface area contributed by atoms with E-state index in [2.05, 4.69) is 43.9 Å². The van der Waals surface area contributed by atoms with Crippen molar-refractivity contribution in [2.24, 2.45) is 0 Å². The molecule has 0 N–H and O–H groups in total. The number of hydrogen-bond acceptors (Lipinski definition) is 2. The van der Waals surface area contributed by atoms with Gasteiger partial charge in [-0.1, -0.05) is 45.7 Å². The van der Waals surface area contributed by atoms with Crippen molar-refractivity contribution in [1.29, 1.82) is 0 Å². The summed E-state index contributed by atoms with van der Waals surface area (Å²) >= 11 is 0. The van der Waals surface area contributed by atoms with E-state index in [1.54, 1.807) is 7.11 Å². The summed E-state index contributed by atoms with van der Waals surface area (Å²) in [6.45, 7) is 9.51. The van der Waals surface area contributed by atoms with E-state index in [0.29, 0.717) is 12.0 Å². The molecule has 0 amide bonds. The number of ether oxygens (including phenoxy) is 1. The number of fused-ring (bicyclic) bond motifs is 1. The third-order valence-electron chi connectivity index (χ3n) is 5.21. The molecule has 0 saturated carbocycles. The van der Waals surface area contributed by atoms with Gasteiger partial charge in [0.15, 0.2) is 0 Å². The average molecular weight is 303 g/mol. The quantitative estimate of drug-likeness (QED) is 0.669. The largest absolute Gasteiger partial charge is 0.496 e. The fourth-order valence-electron chi connectivity index (χ4n) is 3.88. The summed E-state index contributed by atoms with van der Waals surface area (Å²) in [4.78, 5) is 2.76. The van der Waals surface area contributed by atoms with Gasteiger partial charge in [0, 0.05) is 6.04 Å². The number of nitrogens with zero attached hydrogens (tertiary/aromatic N) is 1. The van der Waals surface area contributed by atoms with Crippen LogP contribution in [0, 0.1) is 0 Å². The second kappa shape index (κ2) is 8.57. The lowest BCUT2D eigenvalue weighted by Crippen LogP contribution is -2.42. The van der Waals surface area contributed by atoms with Gasteiger partial charge in [-0.15, -0.1) is 0 Å². The number of methoxy groups -OCH3 is 1. The van der Waals surface area contributed by atoms with Crippen LogP contribution in [0.5, 0.6) is 5.75 Å². The van der Waals surface area contributed by atoms with Crippen molar-refractivity contribution in [1.82, 2.24) is 4.90 Å². The molecule has 0 unspecified atom stereocenters. The zero-order valence-corrected chi connectivity index (χ0v) is 14.9. The number of unbranched alkanes of at least 4 members (excludes halogenated alkanes) is 2. The van der Waals surface area contributed by atoms with Gasteiger partial charge in [0.25, 0.3) is 0 Å². The first-order valence-corrected chi connectivity index (χ1v) is 9.12. The lowest BCUT2D eigenvalue weighted by molar-refractivity contribution is 0.153. The number of hydrogen-bond donors (Lipinski definition) is 0. The van der Waals surface area contributed by atoms with E-state index >= 15 is 0 Å². The monoisotopic (exact) mass is 303 g/mol. The van der Waals surface area contributed by atoms with E-state index in [9.17, 15) is 0 Å². The topological polar surface area (TPSA) is 12.5 Å². The summed E-state index contributed by atoms with van der Waals surface area (Å²) in [5.74, 6) is 1.68. The molecule has 2 rings (SSSR count). The minimum Gasteiger partial charge on any atom is -0.496 e. The Kier molecular flexibility index (Phi) is 6.75. The minimum absolute atomic E-state index is 0.604. The molecule has 0 heterocycles. The highest BCUT2D eigenvalue weighted by Gasteiger charge is 2.31. The summed E-state index contributed by atoms with van der Waals surface area (Å²) in [6.07, 6.45) is 7.63. The van der Waals surface area contributed by atoms with Gasteiger partial charge in [-0.3, -0.25) is 4.90 Å². The Morgan fingerprint density at radius 3 is 2.41 bits per heavy atom. The Morgan fingerprint density at radius 1 is 1.14 bits per heavy atom. The van der Waals surface area contributed by atoms with Crippen LogP contribution in [0.25, 0.3) is 0 Å². The van der Waals surface area contributed by atoms with Crippen LogP contribution in [0.4, 0.5) is 0 Å². The van der Waals surface area contributed by atoms with Crippen LogP contribution >= 0.6 is 0 Å². The molecule has 0 bridgehead atoms. The molecule has 0 fully saturated rings. The fraction of sp³-hybridized carbons (Fsp3) is 0.700. The first-order chi connectivity index (χ1) is 10.7. The van der Waals surface area contributed by atoms with Gasteiger partial charge in [0.2, 0.25) is 0 Å². The Bertz CT molecular complexity index is 449. The van der Waals surface area contributed by atoms with Gasteiger partial charge in [0.05, 0.1) is 7.11 Å². The Balaban J connectivity index is 2.17. The van der Waals surface area contributed by atoms with Crippen molar-refractivity contribution < 1.29 is 4.74 Å². The second-order valence-corrected chi connectivity index (χ2v) is 6.67. The fourth-order valence-corrected chi connectivity index (χ4v) is 3.88. The molecule has 1 aromatic carbocycles. The Hall–Kier alpha value is -1.02. The summed E-state index contributed by atoms with van der Waals surface area (Å²) < 4.78 is 5.57. The second-order valence-electron chi connectivity index (χ2n) is 6.67. The highest BCUT2D eigenvalue weighted by atomic mass is 16.5. The molecular weight excluding hydrogens is 270 g/mol. The maximum Gasteiger partial charge on any atom is 0.122 e. The van der Waals surface area contributed by atoms with E-state index in [1.165, 1.54) is 56.3 Å². The van der Waals surface area contributed by atoms with E-state index in [4.69, 9.17) is 4.74 Å². The Morgan fingerprint density at radius 2 is 1.82 bits per heavy atom. The molecule has 1 aliphatic rings. The van der Waals surface area contributed by atoms with Crippen LogP contribution < -0.4 is 4.74 Å². The molecule has 1 aromatic rings. The maximum absolute atomic E-state index is 5.57. The number of benzene rings is 1. The molecular formula is C20H33NO. The van der Waals surface area contributed by atoms with E-state index in [-0.39, 0.29) is 0 Å². The van der Waals surface area contributed by atoms with Crippen molar-refractivity contribution in [3.8, 4) is 5.75 Å². The van der Waals surface area contributed by atoms with Crippen molar-refractivity contribution in [3.63, 3.8) is 0 Å². The lowest BCUT2D eigenvalue weighted by atomic mass is 9.79. The molecule has 124 valence electrons. The van der Waals surface area contributed by atoms with Crippen LogP contribution in [0.3, 0.4) is 0 Å². The SMILES string of the molecule is CCCCN(CCCC)[C@@H]1CCc2c(OC)cccc2[C@@H]1C. The predicted molar refractivity (Wildman–Crippen MR) is 94.9 cm³/mol. The van der Waals surface area contributed by atoms with Gasteiger partial charge in [-0.05, 0) is 61.9 Å². The summed E-state index contributed by atoms with van der Waals surface area (Å²) in [6, 6.07) is 7.27. The standard InChI is InChI=1S/C20H33NO/c1-5-7-14-21(15-8-6-2)19-13-12-18-17(16(19)3)10-9-11-20(18)22-4/h9-11,16,19H,5-8,12-15H2,1-4H3/t16-,19+/m0/s1. The normalized spacial score (nSPS) is 21.0. The van der Waals surface area contributed by atoms with Crippen molar-refractivity contribution in [3.05, 3.63) is 29.3 Å². The number of rotatable bonds is 8. The molecule has 0 saturated heterocycles. The van der Waals surface area contributed by atoms with Gasteiger partial charge in [0.1, 0.15) is 5.75 Å². The van der Waals surface area contributed by atoms with E-state index < -0.39 is 0 Å². The summed E-state index contributed by atoms with van der Waals surface area (Å²) in [7, 11) is 1.79. The molecule has 0 aliphatic heterocycles. The summed E-state index contributed by atoms with van der Waals surface area (Å²) in [5.41, 5.74) is 2.95. The zero-order valence-electron chi connectivity index (χ0n) is 14.9. The lowest BCUT2D eigenvalue weighted by Gasteiger charge is -2.40. The van der Waals surface area contributed by atoms with Crippen molar-refractivity contribution in [2.45, 2.75) is 71.3 Å². The highest BCUT2D eigenvalue weighted by Crippen LogP contribution is 2.38. The first kappa shape index (κ1) is 17.3. The van der Waals surface area contributed by atoms with Crippen LogP contribution in [0.2, 0.25) is 0 Å². The molecule has 2 heteroatoms. The third kappa shape index (κ3) is 3.84. The van der Waals surface area contributed by atoms with Crippen LogP contribution in [-0.2, 0) is 6.42 Å². The third-order valence-corrected chi connectivity index (χ3v) is 5.21. The molecule has 2 nitrogen and oxygen atoms in total. The van der Waals surface area contributed by atoms with Crippen LogP contribution in [0.1, 0.15) is 69.9 Å². The van der Waals surface area contributed by atoms with Crippen molar-refractivity contribution >= 4 is 0 Å². The first-order valence-electron chi connectivity index (χ1n) is 9.12. The minimum atomic E-state index is 0.604. The average Bonchev–Trinajstić information content (AvgIpc) is 2.55. The molecule has 2 atom stereocenters.